The molecule has 0 unspecified atom stereocenters. The standard InChI is InChI=1S/C13H20ClNO2S2/c1-18-11-3-2-10-15-19(16,17)13-6-4-12(5-7-13)8-9-14/h4-7,15H,2-3,8-11H2,1H3. The number of alkyl halides is 1. The lowest BCUT2D eigenvalue weighted by Gasteiger charge is -2.07. The molecule has 0 saturated carbocycles. The van der Waals surface area contributed by atoms with Crippen LogP contribution in [0.5, 0.6) is 0 Å². The summed E-state index contributed by atoms with van der Waals surface area (Å²) in [5, 5.41) is 0. The van der Waals surface area contributed by atoms with Gasteiger partial charge in [-0.1, -0.05) is 12.1 Å². The van der Waals surface area contributed by atoms with Crippen LogP contribution in [0.25, 0.3) is 0 Å². The third kappa shape index (κ3) is 6.17. The molecule has 0 aliphatic carbocycles. The van der Waals surface area contributed by atoms with Crippen molar-refractivity contribution < 1.29 is 8.42 Å². The number of sulfonamides is 1. The molecule has 1 N–H and O–H groups in total. The van der Waals surface area contributed by atoms with Crippen LogP contribution in [-0.4, -0.2) is 32.9 Å². The third-order valence-corrected chi connectivity index (χ3v) is 5.05. The molecule has 1 aromatic carbocycles. The summed E-state index contributed by atoms with van der Waals surface area (Å²) in [7, 11) is -3.37. The molecule has 3 nitrogen and oxygen atoms in total. The van der Waals surface area contributed by atoms with Gasteiger partial charge in [0.2, 0.25) is 10.0 Å². The molecule has 0 spiro atoms. The van der Waals surface area contributed by atoms with Crippen molar-refractivity contribution in [1.82, 2.24) is 4.72 Å². The van der Waals surface area contributed by atoms with E-state index in [-0.39, 0.29) is 0 Å². The Morgan fingerprint density at radius 1 is 1.21 bits per heavy atom. The first-order valence-electron chi connectivity index (χ1n) is 6.23. The molecular formula is C13H20ClNO2S2. The number of unbranched alkanes of at least 4 members (excludes halogenated alkanes) is 1. The van der Waals surface area contributed by atoms with Crippen molar-refractivity contribution in [2.75, 3.05) is 24.4 Å². The molecule has 0 radical (unpaired) electrons. The average molecular weight is 322 g/mol. The van der Waals surface area contributed by atoms with Crippen LogP contribution in [0.4, 0.5) is 0 Å². The summed E-state index contributed by atoms with van der Waals surface area (Å²) in [4.78, 5) is 0.315. The van der Waals surface area contributed by atoms with Gasteiger partial charge in [-0.25, -0.2) is 13.1 Å². The lowest BCUT2D eigenvalue weighted by atomic mass is 10.2. The van der Waals surface area contributed by atoms with Crippen molar-refractivity contribution in [1.29, 1.82) is 0 Å². The van der Waals surface area contributed by atoms with Gasteiger partial charge in [0.15, 0.2) is 0 Å². The lowest BCUT2D eigenvalue weighted by Crippen LogP contribution is -2.24. The van der Waals surface area contributed by atoms with Crippen LogP contribution in [0.1, 0.15) is 18.4 Å². The zero-order chi connectivity index (χ0) is 14.1. The van der Waals surface area contributed by atoms with E-state index in [1.165, 1.54) is 0 Å². The van der Waals surface area contributed by atoms with Crippen LogP contribution in [0.3, 0.4) is 0 Å². The molecule has 0 aromatic heterocycles. The average Bonchev–Trinajstić information content (AvgIpc) is 2.39. The van der Waals surface area contributed by atoms with Crippen LogP contribution in [0, 0.1) is 0 Å². The maximum atomic E-state index is 12.0. The Balaban J connectivity index is 2.52. The van der Waals surface area contributed by atoms with E-state index in [1.807, 2.05) is 18.4 Å². The van der Waals surface area contributed by atoms with Crippen molar-refractivity contribution in [2.45, 2.75) is 24.2 Å². The summed E-state index contributed by atoms with van der Waals surface area (Å²) >= 11 is 7.42. The predicted octanol–water partition coefficient (Wildman–Crippen LogP) is 2.89. The molecule has 0 amide bonds. The predicted molar refractivity (Wildman–Crippen MR) is 83.7 cm³/mol. The fourth-order valence-corrected chi connectivity index (χ4v) is 3.39. The zero-order valence-corrected chi connectivity index (χ0v) is 13.5. The Hall–Kier alpha value is -0.230. The summed E-state index contributed by atoms with van der Waals surface area (Å²) in [6.07, 6.45) is 4.69. The van der Waals surface area contributed by atoms with E-state index >= 15 is 0 Å². The molecule has 6 heteroatoms. The first-order valence-corrected chi connectivity index (χ1v) is 9.65. The highest BCUT2D eigenvalue weighted by atomic mass is 35.5. The van der Waals surface area contributed by atoms with Crippen LogP contribution in [-0.2, 0) is 16.4 Å². The topological polar surface area (TPSA) is 46.2 Å². The van der Waals surface area contributed by atoms with Crippen molar-refractivity contribution >= 4 is 33.4 Å². The van der Waals surface area contributed by atoms with Gasteiger partial charge in [-0.15, -0.1) is 11.6 Å². The van der Waals surface area contributed by atoms with E-state index in [0.29, 0.717) is 17.3 Å². The zero-order valence-electron chi connectivity index (χ0n) is 11.1. The minimum atomic E-state index is -3.37. The summed E-state index contributed by atoms with van der Waals surface area (Å²) in [5.41, 5.74) is 1.05. The maximum Gasteiger partial charge on any atom is 0.240 e. The quantitative estimate of drug-likeness (QED) is 0.562. The molecule has 0 aliphatic heterocycles. The van der Waals surface area contributed by atoms with Crippen molar-refractivity contribution in [3.8, 4) is 0 Å². The second kappa shape index (κ2) is 8.84. The van der Waals surface area contributed by atoms with Crippen molar-refractivity contribution in [2.24, 2.45) is 0 Å². The molecule has 0 fully saturated rings. The van der Waals surface area contributed by atoms with Gasteiger partial charge in [-0.3, -0.25) is 0 Å². The summed E-state index contributed by atoms with van der Waals surface area (Å²) in [6.45, 7) is 0.492. The number of halogens is 1. The van der Waals surface area contributed by atoms with Gasteiger partial charge in [-0.05, 0) is 49.0 Å². The molecule has 1 rings (SSSR count). The third-order valence-electron chi connectivity index (χ3n) is 2.68. The number of hydrogen-bond donors (Lipinski definition) is 1. The number of thioether (sulfide) groups is 1. The lowest BCUT2D eigenvalue weighted by molar-refractivity contribution is 0.578. The first-order chi connectivity index (χ1) is 9.10. The van der Waals surface area contributed by atoms with E-state index < -0.39 is 10.0 Å². The van der Waals surface area contributed by atoms with E-state index in [1.54, 1.807) is 23.9 Å². The molecule has 19 heavy (non-hydrogen) atoms. The molecule has 0 aliphatic rings. The van der Waals surface area contributed by atoms with Crippen LogP contribution in [0.2, 0.25) is 0 Å². The Bertz CT molecular complexity index is 460. The van der Waals surface area contributed by atoms with Crippen LogP contribution >= 0.6 is 23.4 Å². The van der Waals surface area contributed by atoms with Gasteiger partial charge in [-0.2, -0.15) is 11.8 Å². The van der Waals surface area contributed by atoms with Gasteiger partial charge in [0.25, 0.3) is 0 Å². The molecule has 0 atom stereocenters. The summed E-state index contributed by atoms with van der Waals surface area (Å²) < 4.78 is 26.6. The highest BCUT2D eigenvalue weighted by Gasteiger charge is 2.12. The van der Waals surface area contributed by atoms with E-state index in [4.69, 9.17) is 11.6 Å². The molecule has 0 saturated heterocycles. The van der Waals surface area contributed by atoms with E-state index in [2.05, 4.69) is 4.72 Å². The first kappa shape index (κ1) is 16.8. The number of hydrogen-bond acceptors (Lipinski definition) is 3. The summed E-state index contributed by atoms with van der Waals surface area (Å²) in [5.74, 6) is 1.61. The Kier molecular flexibility index (Phi) is 7.83. The highest BCUT2D eigenvalue weighted by molar-refractivity contribution is 7.98. The van der Waals surface area contributed by atoms with Crippen LogP contribution < -0.4 is 4.72 Å². The summed E-state index contributed by atoms with van der Waals surface area (Å²) in [6, 6.07) is 6.88. The van der Waals surface area contributed by atoms with Gasteiger partial charge in [0.1, 0.15) is 0 Å². The van der Waals surface area contributed by atoms with Gasteiger partial charge in [0, 0.05) is 12.4 Å². The molecule has 108 valence electrons. The fraction of sp³-hybridized carbons (Fsp3) is 0.538. The van der Waals surface area contributed by atoms with E-state index in [0.717, 1.165) is 30.6 Å². The largest absolute Gasteiger partial charge is 0.240 e. The molecule has 0 heterocycles. The number of aryl methyl sites for hydroxylation is 1. The maximum absolute atomic E-state index is 12.0. The Labute approximate surface area is 125 Å². The minimum absolute atomic E-state index is 0.315. The number of rotatable bonds is 9. The van der Waals surface area contributed by atoms with Gasteiger partial charge in [0.05, 0.1) is 4.90 Å². The molecule has 0 bridgehead atoms. The number of benzene rings is 1. The molecule has 1 aromatic rings. The Morgan fingerprint density at radius 2 is 1.89 bits per heavy atom. The van der Waals surface area contributed by atoms with Crippen molar-refractivity contribution in [3.05, 3.63) is 29.8 Å². The SMILES string of the molecule is CSCCCCNS(=O)(=O)c1ccc(CCCl)cc1. The molecular weight excluding hydrogens is 302 g/mol. The van der Waals surface area contributed by atoms with Gasteiger partial charge < -0.3 is 0 Å². The van der Waals surface area contributed by atoms with Crippen molar-refractivity contribution in [3.63, 3.8) is 0 Å². The van der Waals surface area contributed by atoms with E-state index in [9.17, 15) is 8.42 Å². The Morgan fingerprint density at radius 3 is 2.47 bits per heavy atom. The number of nitrogens with one attached hydrogen (secondary N) is 1. The van der Waals surface area contributed by atoms with Gasteiger partial charge >= 0.3 is 0 Å². The normalized spacial score (nSPS) is 11.7. The second-order valence-electron chi connectivity index (χ2n) is 4.18. The second-order valence-corrected chi connectivity index (χ2v) is 7.31. The fourth-order valence-electron chi connectivity index (χ4n) is 1.61. The smallest absolute Gasteiger partial charge is 0.211 e. The van der Waals surface area contributed by atoms with Crippen LogP contribution in [0.15, 0.2) is 29.2 Å². The minimum Gasteiger partial charge on any atom is -0.211 e. The monoisotopic (exact) mass is 321 g/mol. The highest BCUT2D eigenvalue weighted by Crippen LogP contribution is 2.11.